The lowest BCUT2D eigenvalue weighted by molar-refractivity contribution is 0.562. The van der Waals surface area contributed by atoms with Gasteiger partial charge in [-0.25, -0.2) is 0 Å². The van der Waals surface area contributed by atoms with Gasteiger partial charge >= 0.3 is 0 Å². The first-order valence-electron chi connectivity index (χ1n) is 5.48. The number of rotatable bonds is 5. The second-order valence-corrected chi connectivity index (χ2v) is 3.79. The minimum Gasteiger partial charge on any atom is -0.370 e. The third-order valence-corrected chi connectivity index (χ3v) is 2.39. The molecule has 0 saturated heterocycles. The molecule has 1 rings (SSSR count). The van der Waals surface area contributed by atoms with Gasteiger partial charge in [-0.2, -0.15) is 0 Å². The van der Waals surface area contributed by atoms with E-state index in [1.54, 1.807) is 0 Å². The van der Waals surface area contributed by atoms with E-state index in [0.29, 0.717) is 6.54 Å². The number of nitrogens with one attached hydrogen (secondary N) is 1. The Balaban J connectivity index is 2.76. The van der Waals surface area contributed by atoms with Crippen molar-refractivity contribution in [1.29, 1.82) is 0 Å². The highest BCUT2D eigenvalue weighted by atomic mass is 15.0. The van der Waals surface area contributed by atoms with Crippen LogP contribution in [0.1, 0.15) is 24.1 Å². The van der Waals surface area contributed by atoms with Crippen LogP contribution < -0.4 is 16.8 Å². The van der Waals surface area contributed by atoms with Crippen molar-refractivity contribution in [3.63, 3.8) is 0 Å². The Labute approximate surface area is 96.7 Å². The first-order chi connectivity index (χ1) is 7.63. The molecular weight excluding hydrogens is 200 g/mol. The van der Waals surface area contributed by atoms with Crippen LogP contribution in [0.2, 0.25) is 0 Å². The van der Waals surface area contributed by atoms with Crippen LogP contribution in [0, 0.1) is 6.92 Å². The lowest BCUT2D eigenvalue weighted by Crippen LogP contribution is -2.28. The second-order valence-electron chi connectivity index (χ2n) is 3.79. The standard InChI is InChI=1S/C12H20N4/c1-3-15-11(8-16-12(13)14)10-6-4-9(2)5-7-10/h4-7,11,15H,3,8H2,1-2H3,(H4,13,14,16). The van der Waals surface area contributed by atoms with E-state index >= 15 is 0 Å². The number of aryl methyl sites for hydroxylation is 1. The van der Waals surface area contributed by atoms with Crippen molar-refractivity contribution in [2.75, 3.05) is 13.1 Å². The van der Waals surface area contributed by atoms with Crippen LogP contribution >= 0.6 is 0 Å². The van der Waals surface area contributed by atoms with Crippen LogP contribution in [-0.4, -0.2) is 19.0 Å². The third-order valence-electron chi connectivity index (χ3n) is 2.39. The molecule has 0 bridgehead atoms. The summed E-state index contributed by atoms with van der Waals surface area (Å²) < 4.78 is 0. The summed E-state index contributed by atoms with van der Waals surface area (Å²) in [5.41, 5.74) is 13.1. The molecule has 5 N–H and O–H groups in total. The summed E-state index contributed by atoms with van der Waals surface area (Å²) in [7, 11) is 0. The quantitative estimate of drug-likeness (QED) is 0.510. The van der Waals surface area contributed by atoms with Crippen molar-refractivity contribution in [2.45, 2.75) is 19.9 Å². The van der Waals surface area contributed by atoms with Gasteiger partial charge in [-0.1, -0.05) is 36.8 Å². The van der Waals surface area contributed by atoms with Gasteiger partial charge < -0.3 is 16.8 Å². The number of likely N-dealkylation sites (N-methyl/N-ethyl adjacent to an activating group) is 1. The van der Waals surface area contributed by atoms with Crippen LogP contribution in [0.3, 0.4) is 0 Å². The van der Waals surface area contributed by atoms with E-state index in [1.165, 1.54) is 11.1 Å². The number of guanidine groups is 1. The molecule has 4 nitrogen and oxygen atoms in total. The molecule has 0 heterocycles. The Hall–Kier alpha value is -1.55. The molecule has 88 valence electrons. The highest BCUT2D eigenvalue weighted by Gasteiger charge is 2.08. The molecule has 0 amide bonds. The van der Waals surface area contributed by atoms with Gasteiger partial charge in [-0.3, -0.25) is 4.99 Å². The monoisotopic (exact) mass is 220 g/mol. The number of hydrogen-bond donors (Lipinski definition) is 3. The van der Waals surface area contributed by atoms with E-state index in [2.05, 4.69) is 48.4 Å². The molecule has 1 aromatic carbocycles. The minimum absolute atomic E-state index is 0.134. The summed E-state index contributed by atoms with van der Waals surface area (Å²) in [5.74, 6) is 0.134. The summed E-state index contributed by atoms with van der Waals surface area (Å²) in [5, 5.41) is 3.36. The molecule has 0 spiro atoms. The van der Waals surface area contributed by atoms with Gasteiger partial charge in [0.2, 0.25) is 0 Å². The molecule has 0 aliphatic rings. The molecule has 1 aromatic rings. The van der Waals surface area contributed by atoms with Gasteiger partial charge in [0.15, 0.2) is 5.96 Å². The summed E-state index contributed by atoms with van der Waals surface area (Å²) in [6, 6.07) is 8.56. The molecule has 0 aromatic heterocycles. The van der Waals surface area contributed by atoms with Crippen LogP contribution in [0.4, 0.5) is 0 Å². The molecule has 0 aliphatic heterocycles. The van der Waals surface area contributed by atoms with Crippen molar-refractivity contribution in [2.24, 2.45) is 16.5 Å². The fraction of sp³-hybridized carbons (Fsp3) is 0.417. The maximum Gasteiger partial charge on any atom is 0.185 e. The Morgan fingerprint density at radius 3 is 2.44 bits per heavy atom. The summed E-state index contributed by atoms with van der Waals surface area (Å²) in [4.78, 5) is 4.05. The molecule has 0 saturated carbocycles. The van der Waals surface area contributed by atoms with Gasteiger partial charge in [-0.05, 0) is 19.0 Å². The smallest absolute Gasteiger partial charge is 0.185 e. The van der Waals surface area contributed by atoms with Crippen LogP contribution in [0.15, 0.2) is 29.3 Å². The zero-order valence-electron chi connectivity index (χ0n) is 9.90. The maximum atomic E-state index is 5.34. The topological polar surface area (TPSA) is 76.4 Å². The SMILES string of the molecule is CCNC(CN=C(N)N)c1ccc(C)cc1. The Morgan fingerprint density at radius 2 is 1.94 bits per heavy atom. The van der Waals surface area contributed by atoms with Gasteiger partial charge in [0.05, 0.1) is 12.6 Å². The predicted molar refractivity (Wildman–Crippen MR) is 68.3 cm³/mol. The summed E-state index contributed by atoms with van der Waals surface area (Å²) in [6.07, 6.45) is 0. The van der Waals surface area contributed by atoms with Gasteiger partial charge in [-0.15, -0.1) is 0 Å². The predicted octanol–water partition coefficient (Wildman–Crippen LogP) is 0.919. The van der Waals surface area contributed by atoms with Crippen molar-refractivity contribution >= 4 is 5.96 Å². The normalized spacial score (nSPS) is 12.1. The highest BCUT2D eigenvalue weighted by molar-refractivity contribution is 5.75. The molecule has 1 atom stereocenters. The fourth-order valence-electron chi connectivity index (χ4n) is 1.53. The van der Waals surface area contributed by atoms with Crippen LogP contribution in [0.25, 0.3) is 0 Å². The summed E-state index contributed by atoms with van der Waals surface area (Å²) >= 11 is 0. The van der Waals surface area contributed by atoms with E-state index in [-0.39, 0.29) is 12.0 Å². The number of nitrogens with two attached hydrogens (primary N) is 2. The van der Waals surface area contributed by atoms with Crippen LogP contribution in [-0.2, 0) is 0 Å². The number of aliphatic imine (C=N–C) groups is 1. The number of benzene rings is 1. The first-order valence-corrected chi connectivity index (χ1v) is 5.48. The molecule has 1 unspecified atom stereocenters. The largest absolute Gasteiger partial charge is 0.370 e. The van der Waals surface area contributed by atoms with E-state index in [0.717, 1.165) is 6.54 Å². The third kappa shape index (κ3) is 3.90. The molecule has 0 aliphatic carbocycles. The number of nitrogens with zero attached hydrogens (tertiary/aromatic N) is 1. The Bertz CT molecular complexity index is 339. The van der Waals surface area contributed by atoms with E-state index in [4.69, 9.17) is 11.5 Å². The molecule has 0 fully saturated rings. The van der Waals surface area contributed by atoms with Gasteiger partial charge in [0.25, 0.3) is 0 Å². The lowest BCUT2D eigenvalue weighted by atomic mass is 10.1. The zero-order chi connectivity index (χ0) is 12.0. The van der Waals surface area contributed by atoms with E-state index in [1.807, 2.05) is 0 Å². The average molecular weight is 220 g/mol. The van der Waals surface area contributed by atoms with Crippen molar-refractivity contribution in [1.82, 2.24) is 5.32 Å². The van der Waals surface area contributed by atoms with Crippen molar-refractivity contribution in [3.05, 3.63) is 35.4 Å². The van der Waals surface area contributed by atoms with E-state index < -0.39 is 0 Å². The zero-order valence-corrected chi connectivity index (χ0v) is 9.90. The molecular formula is C12H20N4. The highest BCUT2D eigenvalue weighted by Crippen LogP contribution is 2.14. The maximum absolute atomic E-state index is 5.34. The average Bonchev–Trinajstić information content (AvgIpc) is 2.25. The number of hydrogen-bond acceptors (Lipinski definition) is 2. The molecule has 16 heavy (non-hydrogen) atoms. The van der Waals surface area contributed by atoms with Crippen molar-refractivity contribution < 1.29 is 0 Å². The first kappa shape index (κ1) is 12.5. The molecule has 4 heteroatoms. The summed E-state index contributed by atoms with van der Waals surface area (Å²) in [6.45, 7) is 5.59. The van der Waals surface area contributed by atoms with Crippen LogP contribution in [0.5, 0.6) is 0 Å². The Morgan fingerprint density at radius 1 is 1.31 bits per heavy atom. The Kier molecular flexibility index (Phi) is 4.79. The lowest BCUT2D eigenvalue weighted by Gasteiger charge is -2.16. The van der Waals surface area contributed by atoms with E-state index in [9.17, 15) is 0 Å². The fourth-order valence-corrected chi connectivity index (χ4v) is 1.53. The molecule has 0 radical (unpaired) electrons. The van der Waals surface area contributed by atoms with Crippen molar-refractivity contribution in [3.8, 4) is 0 Å². The minimum atomic E-state index is 0.134. The van der Waals surface area contributed by atoms with Gasteiger partial charge in [0.1, 0.15) is 0 Å². The second kappa shape index (κ2) is 6.12. The van der Waals surface area contributed by atoms with Gasteiger partial charge in [0, 0.05) is 0 Å².